The molecule has 0 spiro atoms. The van der Waals surface area contributed by atoms with Crippen LogP contribution in [0.2, 0.25) is 0 Å². The van der Waals surface area contributed by atoms with Crippen molar-refractivity contribution < 1.29 is 9.63 Å². The first kappa shape index (κ1) is 12.9. The van der Waals surface area contributed by atoms with Crippen LogP contribution in [-0.4, -0.2) is 51.3 Å². The minimum Gasteiger partial charge on any atom is -0.369 e. The van der Waals surface area contributed by atoms with Crippen LogP contribution in [0.25, 0.3) is 0 Å². The molecule has 1 amide bonds. The van der Waals surface area contributed by atoms with E-state index in [4.69, 9.17) is 4.84 Å². The SMILES string of the molecule is CON(C)C(=O)c1ccc(N2CCNCC2)cc1. The van der Waals surface area contributed by atoms with Crippen molar-refractivity contribution in [2.75, 3.05) is 45.2 Å². The Bertz CT molecular complexity index is 399. The summed E-state index contributed by atoms with van der Waals surface area (Å²) in [6.07, 6.45) is 0. The summed E-state index contributed by atoms with van der Waals surface area (Å²) in [6.45, 7) is 4.02. The summed E-state index contributed by atoms with van der Waals surface area (Å²) in [5.74, 6) is -0.135. The Morgan fingerprint density at radius 3 is 2.44 bits per heavy atom. The number of hydrogen-bond donors (Lipinski definition) is 1. The van der Waals surface area contributed by atoms with Crippen LogP contribution in [0.5, 0.6) is 0 Å². The molecule has 0 bridgehead atoms. The fourth-order valence-corrected chi connectivity index (χ4v) is 2.00. The molecule has 1 saturated heterocycles. The van der Waals surface area contributed by atoms with Crippen LogP contribution in [0.3, 0.4) is 0 Å². The number of benzene rings is 1. The Morgan fingerprint density at radius 1 is 1.28 bits per heavy atom. The number of piperazine rings is 1. The van der Waals surface area contributed by atoms with Gasteiger partial charge >= 0.3 is 0 Å². The number of nitrogens with zero attached hydrogens (tertiary/aromatic N) is 2. The second-order valence-electron chi connectivity index (χ2n) is 4.27. The van der Waals surface area contributed by atoms with Gasteiger partial charge in [0.05, 0.1) is 7.11 Å². The molecule has 1 aromatic rings. The molecule has 0 aliphatic carbocycles. The molecule has 0 radical (unpaired) electrons. The normalized spacial score (nSPS) is 15.6. The highest BCUT2D eigenvalue weighted by atomic mass is 16.7. The zero-order valence-corrected chi connectivity index (χ0v) is 10.8. The molecule has 1 fully saturated rings. The molecular weight excluding hydrogens is 230 g/mol. The van der Waals surface area contributed by atoms with Crippen LogP contribution >= 0.6 is 0 Å². The number of carbonyl (C=O) groups excluding carboxylic acids is 1. The molecule has 5 heteroatoms. The quantitative estimate of drug-likeness (QED) is 0.802. The van der Waals surface area contributed by atoms with Crippen molar-refractivity contribution in [3.8, 4) is 0 Å². The maximum atomic E-state index is 11.8. The molecule has 5 nitrogen and oxygen atoms in total. The number of anilines is 1. The molecule has 98 valence electrons. The van der Waals surface area contributed by atoms with E-state index in [9.17, 15) is 4.79 Å². The van der Waals surface area contributed by atoms with Gasteiger partial charge < -0.3 is 10.2 Å². The third kappa shape index (κ3) is 2.80. The van der Waals surface area contributed by atoms with Crippen LogP contribution < -0.4 is 10.2 Å². The molecule has 1 aliphatic rings. The number of hydrogen-bond acceptors (Lipinski definition) is 4. The van der Waals surface area contributed by atoms with Gasteiger partial charge in [0.1, 0.15) is 0 Å². The summed E-state index contributed by atoms with van der Waals surface area (Å²) >= 11 is 0. The molecule has 0 atom stereocenters. The van der Waals surface area contributed by atoms with Crippen molar-refractivity contribution in [1.82, 2.24) is 10.4 Å². The predicted molar refractivity (Wildman–Crippen MR) is 70.6 cm³/mol. The van der Waals surface area contributed by atoms with E-state index in [1.807, 2.05) is 24.3 Å². The molecule has 1 aromatic carbocycles. The average Bonchev–Trinajstić information content (AvgIpc) is 2.47. The highest BCUT2D eigenvalue weighted by Gasteiger charge is 2.13. The van der Waals surface area contributed by atoms with Gasteiger partial charge in [-0.25, -0.2) is 5.06 Å². The van der Waals surface area contributed by atoms with Gasteiger partial charge in [-0.3, -0.25) is 9.63 Å². The molecule has 1 heterocycles. The van der Waals surface area contributed by atoms with Crippen molar-refractivity contribution in [3.63, 3.8) is 0 Å². The second-order valence-corrected chi connectivity index (χ2v) is 4.27. The van der Waals surface area contributed by atoms with Crippen LogP contribution in [0.1, 0.15) is 10.4 Å². The summed E-state index contributed by atoms with van der Waals surface area (Å²) in [7, 11) is 3.08. The number of amides is 1. The molecule has 1 N–H and O–H groups in total. The summed E-state index contributed by atoms with van der Waals surface area (Å²) in [5.41, 5.74) is 1.80. The molecule has 18 heavy (non-hydrogen) atoms. The second kappa shape index (κ2) is 5.84. The standard InChI is InChI=1S/C13H19N3O2/c1-15(18-2)13(17)11-3-5-12(6-4-11)16-9-7-14-8-10-16/h3-6,14H,7-10H2,1-2H3. The van der Waals surface area contributed by atoms with Gasteiger partial charge in [0, 0.05) is 44.5 Å². The minimum atomic E-state index is -0.135. The van der Waals surface area contributed by atoms with E-state index in [0.29, 0.717) is 5.56 Å². The molecule has 1 aliphatic heterocycles. The largest absolute Gasteiger partial charge is 0.369 e. The number of nitrogens with one attached hydrogen (secondary N) is 1. The van der Waals surface area contributed by atoms with E-state index in [2.05, 4.69) is 10.2 Å². The van der Waals surface area contributed by atoms with Gasteiger partial charge in [-0.1, -0.05) is 0 Å². The zero-order chi connectivity index (χ0) is 13.0. The van der Waals surface area contributed by atoms with Crippen molar-refractivity contribution in [3.05, 3.63) is 29.8 Å². The average molecular weight is 249 g/mol. The maximum Gasteiger partial charge on any atom is 0.277 e. The van der Waals surface area contributed by atoms with Gasteiger partial charge in [0.25, 0.3) is 5.91 Å². The predicted octanol–water partition coefficient (Wildman–Crippen LogP) is 0.730. The van der Waals surface area contributed by atoms with Crippen LogP contribution in [-0.2, 0) is 4.84 Å². The Labute approximate surface area is 107 Å². The zero-order valence-electron chi connectivity index (χ0n) is 10.8. The van der Waals surface area contributed by atoms with Crippen LogP contribution in [0.15, 0.2) is 24.3 Å². The van der Waals surface area contributed by atoms with Crippen molar-refractivity contribution in [2.45, 2.75) is 0 Å². The lowest BCUT2D eigenvalue weighted by Crippen LogP contribution is -2.43. The Morgan fingerprint density at radius 2 is 1.89 bits per heavy atom. The Hall–Kier alpha value is -1.59. The van der Waals surface area contributed by atoms with Gasteiger partial charge in [-0.15, -0.1) is 0 Å². The molecule has 0 unspecified atom stereocenters. The summed E-state index contributed by atoms with van der Waals surface area (Å²) in [4.78, 5) is 19.0. The minimum absolute atomic E-state index is 0.135. The maximum absolute atomic E-state index is 11.8. The smallest absolute Gasteiger partial charge is 0.277 e. The highest BCUT2D eigenvalue weighted by Crippen LogP contribution is 2.16. The number of carbonyl (C=O) groups is 1. The first-order valence-electron chi connectivity index (χ1n) is 6.10. The Balaban J connectivity index is 2.07. The van der Waals surface area contributed by atoms with E-state index in [1.165, 1.54) is 12.2 Å². The third-order valence-corrected chi connectivity index (χ3v) is 3.16. The van der Waals surface area contributed by atoms with E-state index in [1.54, 1.807) is 7.05 Å². The third-order valence-electron chi connectivity index (χ3n) is 3.16. The lowest BCUT2D eigenvalue weighted by atomic mass is 10.1. The van der Waals surface area contributed by atoms with E-state index < -0.39 is 0 Å². The van der Waals surface area contributed by atoms with Crippen molar-refractivity contribution in [2.24, 2.45) is 0 Å². The van der Waals surface area contributed by atoms with Gasteiger partial charge in [0.2, 0.25) is 0 Å². The molecule has 2 rings (SSSR count). The van der Waals surface area contributed by atoms with Gasteiger partial charge in [-0.2, -0.15) is 0 Å². The summed E-state index contributed by atoms with van der Waals surface area (Å²) in [6, 6.07) is 7.66. The first-order chi connectivity index (χ1) is 8.72. The summed E-state index contributed by atoms with van der Waals surface area (Å²) < 4.78 is 0. The molecule has 0 saturated carbocycles. The van der Waals surface area contributed by atoms with Crippen molar-refractivity contribution in [1.29, 1.82) is 0 Å². The lowest BCUT2D eigenvalue weighted by molar-refractivity contribution is -0.0756. The van der Waals surface area contributed by atoms with Crippen molar-refractivity contribution >= 4 is 11.6 Å². The highest BCUT2D eigenvalue weighted by molar-refractivity contribution is 5.93. The van der Waals surface area contributed by atoms with Gasteiger partial charge in [0.15, 0.2) is 0 Å². The van der Waals surface area contributed by atoms with E-state index in [0.717, 1.165) is 31.9 Å². The number of rotatable bonds is 3. The number of hydroxylamine groups is 2. The summed E-state index contributed by atoms with van der Waals surface area (Å²) in [5, 5.41) is 4.54. The Kier molecular flexibility index (Phi) is 4.17. The first-order valence-corrected chi connectivity index (χ1v) is 6.10. The monoisotopic (exact) mass is 249 g/mol. The van der Waals surface area contributed by atoms with Gasteiger partial charge in [-0.05, 0) is 24.3 Å². The van der Waals surface area contributed by atoms with E-state index >= 15 is 0 Å². The van der Waals surface area contributed by atoms with Crippen LogP contribution in [0.4, 0.5) is 5.69 Å². The fraction of sp³-hybridized carbons (Fsp3) is 0.462. The van der Waals surface area contributed by atoms with Crippen LogP contribution in [0, 0.1) is 0 Å². The molecular formula is C13H19N3O2. The van der Waals surface area contributed by atoms with E-state index in [-0.39, 0.29) is 5.91 Å². The molecule has 0 aromatic heterocycles. The fourth-order valence-electron chi connectivity index (χ4n) is 2.00. The topological polar surface area (TPSA) is 44.8 Å². The lowest BCUT2D eigenvalue weighted by Gasteiger charge is -2.29.